The lowest BCUT2D eigenvalue weighted by atomic mass is 10.0. The largest absolute Gasteiger partial charge is 0.492 e. The van der Waals surface area contributed by atoms with Crippen molar-refractivity contribution in [1.29, 1.82) is 0 Å². The zero-order valence-electron chi connectivity index (χ0n) is 20.9. The highest BCUT2D eigenvalue weighted by Crippen LogP contribution is 2.23. The van der Waals surface area contributed by atoms with E-state index in [1.54, 1.807) is 29.7 Å². The molecule has 8 nitrogen and oxygen atoms in total. The van der Waals surface area contributed by atoms with E-state index in [1.165, 1.54) is 7.11 Å². The monoisotopic (exact) mass is 554 g/mol. The lowest BCUT2D eigenvalue weighted by molar-refractivity contribution is -0.149. The molecule has 198 valence electrons. The molecule has 0 aliphatic rings. The van der Waals surface area contributed by atoms with Gasteiger partial charge >= 0.3 is 10.8 Å². The molecule has 0 saturated heterocycles. The minimum Gasteiger partial charge on any atom is -0.492 e. The molecule has 1 aromatic heterocycles. The van der Waals surface area contributed by atoms with Gasteiger partial charge in [0.1, 0.15) is 25.2 Å². The van der Waals surface area contributed by atoms with Gasteiger partial charge in [-0.25, -0.2) is 4.79 Å². The van der Waals surface area contributed by atoms with Gasteiger partial charge in [0.25, 0.3) is 0 Å². The Morgan fingerprint density at radius 3 is 2.55 bits per heavy atom. The van der Waals surface area contributed by atoms with Crippen LogP contribution in [-0.4, -0.2) is 47.8 Å². The molecule has 1 N–H and O–H groups in total. The van der Waals surface area contributed by atoms with Crippen molar-refractivity contribution in [3.05, 3.63) is 98.1 Å². The summed E-state index contributed by atoms with van der Waals surface area (Å²) in [5.41, 5.74) is 3.87. The second kappa shape index (κ2) is 12.7. The van der Waals surface area contributed by atoms with Gasteiger partial charge in [-0.15, -0.1) is 0 Å². The Balaban J connectivity index is 1.45. The van der Waals surface area contributed by atoms with Crippen molar-refractivity contribution in [1.82, 2.24) is 4.57 Å². The van der Waals surface area contributed by atoms with Gasteiger partial charge in [-0.05, 0) is 48.9 Å². The number of hydrogen-bond acceptors (Lipinski definition) is 7. The van der Waals surface area contributed by atoms with Crippen molar-refractivity contribution in [2.75, 3.05) is 20.3 Å². The quantitative estimate of drug-likeness (QED) is 0.190. The van der Waals surface area contributed by atoms with E-state index in [1.807, 2.05) is 48.5 Å². The number of thiazole rings is 1. The summed E-state index contributed by atoms with van der Waals surface area (Å²) in [4.78, 5) is 29.0. The van der Waals surface area contributed by atoms with E-state index in [-0.39, 0.29) is 11.3 Å². The zero-order chi connectivity index (χ0) is 27.1. The standard InChI is InChI=1S/C28H27ClN2O6S/c1-3-36-24(27(32)33)15-18-7-10-22(11-8-18)37-14-13-31-23-12-9-20(17-25(23)38-28(31)34)26(30-35-2)19-5-4-6-21(29)16-19/h4-12,16-17,24H,3,13-15H2,1-2H3,(H,32,33)/b30-26-. The molecule has 0 aliphatic carbocycles. The Morgan fingerprint density at radius 1 is 1.11 bits per heavy atom. The molecule has 1 unspecified atom stereocenters. The predicted molar refractivity (Wildman–Crippen MR) is 149 cm³/mol. The predicted octanol–water partition coefficient (Wildman–Crippen LogP) is 5.23. The summed E-state index contributed by atoms with van der Waals surface area (Å²) in [6.45, 7) is 2.77. The normalized spacial score (nSPS) is 12.4. The van der Waals surface area contributed by atoms with Crippen LogP contribution >= 0.6 is 22.9 Å². The highest BCUT2D eigenvalue weighted by atomic mass is 35.5. The van der Waals surface area contributed by atoms with Crippen LogP contribution in [0.5, 0.6) is 5.75 Å². The fraction of sp³-hybridized carbons (Fsp3) is 0.250. The molecule has 4 rings (SSSR count). The Morgan fingerprint density at radius 2 is 1.87 bits per heavy atom. The number of carbonyl (C=O) groups is 1. The number of fused-ring (bicyclic) bond motifs is 1. The summed E-state index contributed by atoms with van der Waals surface area (Å²) < 4.78 is 13.6. The van der Waals surface area contributed by atoms with Gasteiger partial charge in [0.05, 0.1) is 16.8 Å². The number of hydrogen-bond donors (Lipinski definition) is 1. The van der Waals surface area contributed by atoms with E-state index < -0.39 is 12.1 Å². The first kappa shape index (κ1) is 27.4. The van der Waals surface area contributed by atoms with Gasteiger partial charge < -0.3 is 19.4 Å². The number of aliphatic carboxylic acids is 1. The first-order valence-electron chi connectivity index (χ1n) is 12.0. The van der Waals surface area contributed by atoms with Crippen molar-refractivity contribution in [2.24, 2.45) is 5.16 Å². The molecule has 0 fully saturated rings. The topological polar surface area (TPSA) is 99.4 Å². The maximum Gasteiger partial charge on any atom is 0.333 e. The van der Waals surface area contributed by atoms with Crippen molar-refractivity contribution in [3.8, 4) is 5.75 Å². The van der Waals surface area contributed by atoms with Crippen LogP contribution in [0, 0.1) is 0 Å². The van der Waals surface area contributed by atoms with E-state index in [2.05, 4.69) is 5.16 Å². The number of nitrogens with zero attached hydrogens (tertiary/aromatic N) is 2. The molecule has 1 atom stereocenters. The Kier molecular flexibility index (Phi) is 9.17. The van der Waals surface area contributed by atoms with Crippen LogP contribution in [0.25, 0.3) is 10.2 Å². The summed E-state index contributed by atoms with van der Waals surface area (Å²) in [6, 6.07) is 20.3. The number of aromatic nitrogens is 1. The van der Waals surface area contributed by atoms with Crippen molar-refractivity contribution < 1.29 is 24.2 Å². The fourth-order valence-electron chi connectivity index (χ4n) is 4.03. The molecule has 10 heteroatoms. The second-order valence-electron chi connectivity index (χ2n) is 8.31. The zero-order valence-corrected chi connectivity index (χ0v) is 22.5. The molecule has 0 spiro atoms. The van der Waals surface area contributed by atoms with Crippen LogP contribution in [-0.2, 0) is 27.3 Å². The molecule has 38 heavy (non-hydrogen) atoms. The smallest absolute Gasteiger partial charge is 0.333 e. The molecule has 0 radical (unpaired) electrons. The average Bonchev–Trinajstić information content (AvgIpc) is 3.22. The average molecular weight is 555 g/mol. The van der Waals surface area contributed by atoms with Crippen molar-refractivity contribution >= 4 is 44.8 Å². The summed E-state index contributed by atoms with van der Waals surface area (Å²) in [5, 5.41) is 14.0. The van der Waals surface area contributed by atoms with Gasteiger partial charge in [-0.2, -0.15) is 0 Å². The lowest BCUT2D eigenvalue weighted by Crippen LogP contribution is -2.26. The molecule has 0 amide bonds. The van der Waals surface area contributed by atoms with E-state index in [0.29, 0.717) is 36.2 Å². The van der Waals surface area contributed by atoms with Gasteiger partial charge in [0.15, 0.2) is 6.10 Å². The van der Waals surface area contributed by atoms with Crippen molar-refractivity contribution in [3.63, 3.8) is 0 Å². The second-order valence-corrected chi connectivity index (χ2v) is 9.74. The van der Waals surface area contributed by atoms with E-state index in [0.717, 1.165) is 38.2 Å². The number of oxime groups is 1. The first-order valence-corrected chi connectivity index (χ1v) is 13.2. The number of carboxylic acid groups (broad SMARTS) is 1. The van der Waals surface area contributed by atoms with Crippen molar-refractivity contribution in [2.45, 2.75) is 26.0 Å². The molecule has 4 aromatic rings. The fourth-order valence-corrected chi connectivity index (χ4v) is 5.18. The SMILES string of the molecule is CCOC(Cc1ccc(OCCn2c(=O)sc3cc(/C(=N\OC)c4cccc(Cl)c4)ccc32)cc1)C(=O)O. The van der Waals surface area contributed by atoms with Crippen LogP contribution in [0.15, 0.2) is 76.7 Å². The molecular weight excluding hydrogens is 528 g/mol. The van der Waals surface area contributed by atoms with Gasteiger partial charge in [0.2, 0.25) is 0 Å². The van der Waals surface area contributed by atoms with Gasteiger partial charge in [0, 0.05) is 29.2 Å². The summed E-state index contributed by atoms with van der Waals surface area (Å²) in [6.07, 6.45) is -0.607. The van der Waals surface area contributed by atoms with Crippen LogP contribution in [0.1, 0.15) is 23.6 Å². The molecule has 0 bridgehead atoms. The summed E-state index contributed by atoms with van der Waals surface area (Å²) in [7, 11) is 1.49. The van der Waals surface area contributed by atoms with E-state index in [9.17, 15) is 14.7 Å². The Labute approximate surface area is 228 Å². The highest BCUT2D eigenvalue weighted by molar-refractivity contribution is 7.16. The molecule has 1 heterocycles. The number of rotatable bonds is 12. The van der Waals surface area contributed by atoms with Gasteiger partial charge in [-0.1, -0.05) is 58.4 Å². The third kappa shape index (κ3) is 6.61. The first-order chi connectivity index (χ1) is 18.4. The van der Waals surface area contributed by atoms with E-state index >= 15 is 0 Å². The van der Waals surface area contributed by atoms with Gasteiger partial charge in [-0.3, -0.25) is 9.36 Å². The minimum absolute atomic E-state index is 0.0836. The van der Waals surface area contributed by atoms with E-state index in [4.69, 9.17) is 25.9 Å². The summed E-state index contributed by atoms with van der Waals surface area (Å²) in [5.74, 6) is -0.353. The minimum atomic E-state index is -0.987. The molecule has 0 saturated carbocycles. The Hall–Kier alpha value is -3.66. The number of ether oxygens (including phenoxy) is 2. The van der Waals surface area contributed by atoms with Crippen LogP contribution < -0.4 is 9.61 Å². The molecule has 0 aliphatic heterocycles. The number of carboxylic acids is 1. The third-order valence-electron chi connectivity index (χ3n) is 5.79. The maximum atomic E-state index is 12.8. The van der Waals surface area contributed by atoms with Crippen LogP contribution in [0.3, 0.4) is 0 Å². The number of halogens is 1. The number of benzene rings is 3. The van der Waals surface area contributed by atoms with Crippen LogP contribution in [0.2, 0.25) is 5.02 Å². The summed E-state index contributed by atoms with van der Waals surface area (Å²) >= 11 is 7.32. The Bertz CT molecular complexity index is 1500. The molecule has 3 aromatic carbocycles. The molecular formula is C28H27ClN2O6S. The van der Waals surface area contributed by atoms with Crippen LogP contribution in [0.4, 0.5) is 0 Å². The maximum absolute atomic E-state index is 12.8. The third-order valence-corrected chi connectivity index (χ3v) is 6.97. The highest BCUT2D eigenvalue weighted by Gasteiger charge is 2.18. The lowest BCUT2D eigenvalue weighted by Gasteiger charge is -2.13.